The van der Waals surface area contributed by atoms with Gasteiger partial charge in [0.25, 0.3) is 0 Å². The first-order valence-corrected chi connectivity index (χ1v) is 31.2. The molecule has 0 aromatic heterocycles. The molecule has 2 aromatic carbocycles. The van der Waals surface area contributed by atoms with E-state index in [1.165, 1.54) is 274 Å². The summed E-state index contributed by atoms with van der Waals surface area (Å²) in [6.45, 7) is 8.88. The summed E-state index contributed by atoms with van der Waals surface area (Å²) in [7, 11) is -4.63. The number of carbonyl (C=O) groups excluding carboxylic acids is 1. The number of fused-ring (bicyclic) bond motifs is 1. The Hall–Kier alpha value is -0.720. The van der Waals surface area contributed by atoms with Crippen molar-refractivity contribution in [2.24, 2.45) is 0 Å². The van der Waals surface area contributed by atoms with Crippen LogP contribution < -0.4 is 29.6 Å². The summed E-state index contributed by atoms with van der Waals surface area (Å²) >= 11 is 0. The largest absolute Gasteiger partial charge is 1.00 e. The van der Waals surface area contributed by atoms with E-state index in [9.17, 15) is 13.0 Å². The maximum atomic E-state index is 13.3. The van der Waals surface area contributed by atoms with Crippen molar-refractivity contribution in [3.05, 3.63) is 41.0 Å². The summed E-state index contributed by atoms with van der Waals surface area (Å²) in [4.78, 5) is 8.11. The number of hydrogen-bond acceptors (Lipinski definition) is 4. The minimum atomic E-state index is -4.63. The van der Waals surface area contributed by atoms with Crippen LogP contribution in [0.3, 0.4) is 0 Å². The minimum Gasteiger partial charge on any atom is -0.744 e. The molecule has 0 aliphatic rings. The third kappa shape index (κ3) is 35.4. The summed E-state index contributed by atoms with van der Waals surface area (Å²) in [5.74, 6) is 0. The van der Waals surface area contributed by atoms with Crippen LogP contribution in [0.2, 0.25) is 0 Å². The first-order chi connectivity index (χ1) is 33.0. The molecule has 0 aliphatic carbocycles. The van der Waals surface area contributed by atoms with Crippen LogP contribution in [-0.2, 0) is 34.2 Å². The number of hydrogen-bond donors (Lipinski definition) is 0. The van der Waals surface area contributed by atoms with Crippen molar-refractivity contribution in [2.75, 3.05) is 0 Å². The third-order valence-electron chi connectivity index (χ3n) is 14.8. The second-order valence-corrected chi connectivity index (χ2v) is 22.2. The van der Waals surface area contributed by atoms with E-state index < -0.39 is 10.1 Å². The summed E-state index contributed by atoms with van der Waals surface area (Å²) in [5.41, 5.74) is 3.46. The van der Waals surface area contributed by atoms with E-state index in [0.717, 1.165) is 49.5 Å². The van der Waals surface area contributed by atoms with Gasteiger partial charge in [-0.05, 0) is 66.0 Å². The number of unbranched alkanes of at least 4 members (excludes halogenated alkanes) is 42. The van der Waals surface area contributed by atoms with Crippen LogP contribution in [0, 0.1) is 0 Å². The smallest absolute Gasteiger partial charge is 0.744 e. The fraction of sp³-hybridized carbons (Fsp3) is 0.823. The van der Waals surface area contributed by atoms with Gasteiger partial charge in [0, 0.05) is 0 Å². The summed E-state index contributed by atoms with van der Waals surface area (Å²) in [6.07, 6.45) is 62.6. The van der Waals surface area contributed by atoms with Gasteiger partial charge in [0.1, 0.15) is 16.9 Å². The van der Waals surface area contributed by atoms with Crippen molar-refractivity contribution in [2.45, 2.75) is 334 Å². The predicted molar refractivity (Wildman–Crippen MR) is 295 cm³/mol. The maximum absolute atomic E-state index is 13.3. The molecule has 0 bridgehead atoms. The molecule has 0 unspecified atom stereocenters. The summed E-state index contributed by atoms with van der Waals surface area (Å²) in [5, 5.41) is 1.69. The number of aryl methyl sites for hydroxylation is 1. The molecule has 0 N–H and O–H groups in total. The molecule has 0 saturated carbocycles. The Morgan fingerprint density at radius 3 is 0.779 bits per heavy atom. The average molecular weight is 976 g/mol. The van der Waals surface area contributed by atoms with Crippen molar-refractivity contribution in [3.63, 3.8) is 0 Å². The molecule has 4 nitrogen and oxygen atoms in total. The minimum absolute atomic E-state index is 0. The van der Waals surface area contributed by atoms with Crippen molar-refractivity contribution < 1.29 is 47.3 Å². The van der Waals surface area contributed by atoms with Crippen LogP contribution >= 0.6 is 0 Å². The van der Waals surface area contributed by atoms with Crippen LogP contribution in [0.1, 0.15) is 326 Å². The zero-order valence-electron chi connectivity index (χ0n) is 46.0. The summed E-state index contributed by atoms with van der Waals surface area (Å²) in [6, 6.07) is 8.01. The topological polar surface area (TPSA) is 74.3 Å². The Morgan fingerprint density at radius 2 is 0.529 bits per heavy atom. The standard InChI is InChI=1S/C61H110O3S.CH2O.Na/c1-4-7-10-13-16-19-22-25-28-31-34-37-40-43-46-51-56-57(52-47-44-41-38-35-32-29-26-23-20-17-14-11-8-5-2)59(61(65(62,63)64)60-55-50-49-53-58(56)60)54-48-45-42-39-36-33-30-27-24-21-18-15-12-9-6-3;1-2;/h49-50,53,55H,4-48,51-52,54H2,1-3H3,(H,62,63,64);1H2;/q;;+1/p-1. The molecular weight excluding hydrogens is 864 g/mol. The van der Waals surface area contributed by atoms with E-state index in [4.69, 9.17) is 4.79 Å². The zero-order valence-corrected chi connectivity index (χ0v) is 48.8. The van der Waals surface area contributed by atoms with Crippen molar-refractivity contribution >= 4 is 27.7 Å². The van der Waals surface area contributed by atoms with Gasteiger partial charge >= 0.3 is 29.6 Å². The predicted octanol–water partition coefficient (Wildman–Crippen LogP) is 17.8. The molecule has 2 rings (SSSR count). The maximum Gasteiger partial charge on any atom is 1.00 e. The van der Waals surface area contributed by atoms with Gasteiger partial charge in [-0.25, -0.2) is 8.42 Å². The van der Waals surface area contributed by atoms with Gasteiger partial charge < -0.3 is 9.35 Å². The molecule has 0 spiro atoms. The van der Waals surface area contributed by atoms with Crippen LogP contribution in [0.5, 0.6) is 0 Å². The van der Waals surface area contributed by atoms with E-state index in [1.807, 2.05) is 25.0 Å². The van der Waals surface area contributed by atoms with Gasteiger partial charge in [0.15, 0.2) is 0 Å². The van der Waals surface area contributed by atoms with E-state index in [-0.39, 0.29) is 34.5 Å². The monoisotopic (exact) mass is 975 g/mol. The van der Waals surface area contributed by atoms with E-state index in [0.29, 0.717) is 11.8 Å². The molecule has 0 fully saturated rings. The quantitative estimate of drug-likeness (QED) is 0.0376. The zero-order chi connectivity index (χ0) is 48.7. The fourth-order valence-corrected chi connectivity index (χ4v) is 11.7. The van der Waals surface area contributed by atoms with Gasteiger partial charge in [-0.2, -0.15) is 0 Å². The van der Waals surface area contributed by atoms with E-state index in [2.05, 4.69) is 26.8 Å². The molecule has 0 atom stereocenters. The molecule has 6 heteroatoms. The van der Waals surface area contributed by atoms with Crippen LogP contribution in [0.4, 0.5) is 0 Å². The van der Waals surface area contributed by atoms with Crippen molar-refractivity contribution in [1.82, 2.24) is 0 Å². The van der Waals surface area contributed by atoms with Gasteiger partial charge in [-0.1, -0.05) is 315 Å². The molecule has 68 heavy (non-hydrogen) atoms. The molecular formula is C62H111NaO4S. The third-order valence-corrected chi connectivity index (χ3v) is 15.8. The van der Waals surface area contributed by atoms with E-state index in [1.54, 1.807) is 0 Å². The van der Waals surface area contributed by atoms with Gasteiger partial charge in [-0.3, -0.25) is 0 Å². The van der Waals surface area contributed by atoms with Gasteiger partial charge in [-0.15, -0.1) is 0 Å². The number of benzene rings is 2. The first-order valence-electron chi connectivity index (χ1n) is 29.8. The van der Waals surface area contributed by atoms with Gasteiger partial charge in [0.2, 0.25) is 0 Å². The molecule has 0 heterocycles. The van der Waals surface area contributed by atoms with Gasteiger partial charge in [0.05, 0.1) is 4.90 Å². The SMILES string of the molecule is C=O.CCCCCCCCCCCCCCCCCc1c(CCCCCCCCCCCCCCCCC)c(S(=O)(=O)[O-])c2ccccc2c1CCCCCCCCCCCCCCCCC.[Na+]. The normalized spacial score (nSPS) is 11.5. The van der Waals surface area contributed by atoms with Crippen LogP contribution in [-0.4, -0.2) is 19.8 Å². The summed E-state index contributed by atoms with van der Waals surface area (Å²) < 4.78 is 39.8. The Bertz CT molecular complexity index is 1490. The Balaban J connectivity index is 0.0000148. The average Bonchev–Trinajstić information content (AvgIpc) is 3.33. The molecule has 2 aromatic rings. The molecule has 0 amide bonds. The number of rotatable bonds is 49. The molecule has 390 valence electrons. The van der Waals surface area contributed by atoms with E-state index >= 15 is 0 Å². The fourth-order valence-electron chi connectivity index (χ4n) is 10.7. The Kier molecular flexibility index (Phi) is 49.3. The second kappa shape index (κ2) is 49.8. The molecule has 0 aliphatic heterocycles. The molecule has 0 radical (unpaired) electrons. The Labute approximate surface area is 446 Å². The van der Waals surface area contributed by atoms with Crippen molar-refractivity contribution in [3.8, 4) is 0 Å². The second-order valence-electron chi connectivity index (χ2n) is 20.9. The first kappa shape index (κ1) is 67.3. The van der Waals surface area contributed by atoms with Crippen LogP contribution in [0.25, 0.3) is 10.8 Å². The van der Waals surface area contributed by atoms with Crippen molar-refractivity contribution in [1.29, 1.82) is 0 Å². The Morgan fingerprint density at radius 1 is 0.324 bits per heavy atom. The number of carbonyl (C=O) groups is 1. The van der Waals surface area contributed by atoms with Crippen LogP contribution in [0.15, 0.2) is 29.2 Å². The molecule has 0 saturated heterocycles.